The van der Waals surface area contributed by atoms with Crippen molar-refractivity contribution in [1.29, 1.82) is 0 Å². The third-order valence-electron chi connectivity index (χ3n) is 2.70. The Morgan fingerprint density at radius 3 is 2.36 bits per heavy atom. The third kappa shape index (κ3) is 5.55. The highest BCUT2D eigenvalue weighted by atomic mass is 79.9. The number of aliphatic carboxylic acids is 1. The van der Waals surface area contributed by atoms with E-state index in [1.165, 1.54) is 0 Å². The smallest absolute Gasteiger partial charge is 0.422 e. The van der Waals surface area contributed by atoms with Crippen molar-refractivity contribution >= 4 is 59.7 Å². The first-order chi connectivity index (χ1) is 10.4. The maximum atomic E-state index is 11.3. The van der Waals surface area contributed by atoms with Gasteiger partial charge in [0.15, 0.2) is 11.5 Å². The van der Waals surface area contributed by atoms with Gasteiger partial charge in [-0.1, -0.05) is 26.2 Å². The Morgan fingerprint density at radius 1 is 1.09 bits per heavy atom. The molecular weight excluding hydrogens is 488 g/mol. The SMILES string of the molecule is CCCCCCOc1c(Br)c(Br)cc(Br)c1OC(=O)C(=O)O. The third-order valence-corrected chi connectivity index (χ3v) is 5.23. The van der Waals surface area contributed by atoms with E-state index in [4.69, 9.17) is 14.6 Å². The van der Waals surface area contributed by atoms with Gasteiger partial charge in [-0.2, -0.15) is 0 Å². The largest absolute Gasteiger partial charge is 0.488 e. The molecule has 1 aromatic rings. The molecule has 0 aromatic heterocycles. The molecule has 0 radical (unpaired) electrons. The molecule has 0 amide bonds. The zero-order valence-corrected chi connectivity index (χ0v) is 16.6. The maximum Gasteiger partial charge on any atom is 0.422 e. The molecule has 8 heteroatoms. The van der Waals surface area contributed by atoms with Crippen LogP contribution >= 0.6 is 47.8 Å². The quantitative estimate of drug-likeness (QED) is 0.188. The minimum Gasteiger partial charge on any atom is -0.488 e. The number of benzene rings is 1. The van der Waals surface area contributed by atoms with E-state index in [1.807, 2.05) is 0 Å². The van der Waals surface area contributed by atoms with Crippen LogP contribution in [0.3, 0.4) is 0 Å². The molecule has 0 fully saturated rings. The Bertz CT molecular complexity index is 560. The van der Waals surface area contributed by atoms with Crippen LogP contribution in [0, 0.1) is 0 Å². The molecule has 0 aliphatic carbocycles. The molecule has 5 nitrogen and oxygen atoms in total. The highest BCUT2D eigenvalue weighted by molar-refractivity contribution is 9.13. The predicted molar refractivity (Wildman–Crippen MR) is 92.4 cm³/mol. The summed E-state index contributed by atoms with van der Waals surface area (Å²) in [4.78, 5) is 22.0. The van der Waals surface area contributed by atoms with Crippen LogP contribution < -0.4 is 9.47 Å². The van der Waals surface area contributed by atoms with Crippen molar-refractivity contribution in [1.82, 2.24) is 0 Å². The molecule has 122 valence electrons. The Kier molecular flexibility index (Phi) is 8.41. The number of hydrogen-bond donors (Lipinski definition) is 1. The molecule has 0 unspecified atom stereocenters. The zero-order valence-electron chi connectivity index (χ0n) is 11.8. The van der Waals surface area contributed by atoms with Crippen LogP contribution in [0.25, 0.3) is 0 Å². The summed E-state index contributed by atoms with van der Waals surface area (Å²) < 4.78 is 12.2. The van der Waals surface area contributed by atoms with Gasteiger partial charge >= 0.3 is 11.9 Å². The number of carbonyl (C=O) groups is 2. The fourth-order valence-electron chi connectivity index (χ4n) is 1.62. The Labute approximate surface area is 153 Å². The number of carboxylic acid groups (broad SMARTS) is 1. The van der Waals surface area contributed by atoms with Crippen LogP contribution in [0.15, 0.2) is 19.5 Å². The van der Waals surface area contributed by atoms with Crippen molar-refractivity contribution < 1.29 is 24.2 Å². The zero-order chi connectivity index (χ0) is 16.7. The lowest BCUT2D eigenvalue weighted by molar-refractivity contribution is -0.158. The van der Waals surface area contributed by atoms with Crippen molar-refractivity contribution in [3.05, 3.63) is 19.5 Å². The Hall–Kier alpha value is -0.600. The average Bonchev–Trinajstić information content (AvgIpc) is 2.46. The number of rotatable bonds is 7. The summed E-state index contributed by atoms with van der Waals surface area (Å²) in [5.74, 6) is -2.71. The lowest BCUT2D eigenvalue weighted by atomic mass is 10.2. The summed E-state index contributed by atoms with van der Waals surface area (Å²) in [7, 11) is 0. The van der Waals surface area contributed by atoms with Gasteiger partial charge in [0.25, 0.3) is 0 Å². The molecule has 22 heavy (non-hydrogen) atoms. The van der Waals surface area contributed by atoms with E-state index in [2.05, 4.69) is 54.7 Å². The van der Waals surface area contributed by atoms with Crippen LogP contribution in [0.2, 0.25) is 0 Å². The summed E-state index contributed by atoms with van der Waals surface area (Å²) in [6.07, 6.45) is 4.13. The average molecular weight is 503 g/mol. The predicted octanol–water partition coefficient (Wildman–Crippen LogP) is 4.92. The highest BCUT2D eigenvalue weighted by Gasteiger charge is 2.23. The molecule has 0 spiro atoms. The first kappa shape index (κ1) is 19.4. The normalized spacial score (nSPS) is 10.4. The second kappa shape index (κ2) is 9.52. The minimum atomic E-state index is -1.67. The van der Waals surface area contributed by atoms with Crippen molar-refractivity contribution in [3.8, 4) is 11.5 Å². The van der Waals surface area contributed by atoms with Gasteiger partial charge in [0, 0.05) is 4.47 Å². The number of halogens is 3. The maximum absolute atomic E-state index is 11.3. The fourth-order valence-corrected chi connectivity index (χ4v) is 3.24. The Balaban J connectivity index is 2.95. The van der Waals surface area contributed by atoms with E-state index in [0.29, 0.717) is 20.0 Å². The second-order valence-corrected chi connectivity index (χ2v) is 6.92. The summed E-state index contributed by atoms with van der Waals surface area (Å²) in [6, 6.07) is 1.64. The van der Waals surface area contributed by atoms with E-state index in [0.717, 1.165) is 25.7 Å². The van der Waals surface area contributed by atoms with Crippen molar-refractivity contribution in [2.24, 2.45) is 0 Å². The lowest BCUT2D eigenvalue weighted by Gasteiger charge is -2.15. The number of esters is 1. The minimum absolute atomic E-state index is 0.0398. The summed E-state index contributed by atoms with van der Waals surface area (Å²) in [6.45, 7) is 2.56. The fraction of sp³-hybridized carbons (Fsp3) is 0.429. The van der Waals surface area contributed by atoms with Gasteiger partial charge in [-0.05, 0) is 60.3 Å². The van der Waals surface area contributed by atoms with Crippen molar-refractivity contribution in [3.63, 3.8) is 0 Å². The van der Waals surface area contributed by atoms with Gasteiger partial charge in [0.2, 0.25) is 0 Å². The number of hydrogen-bond acceptors (Lipinski definition) is 4. The van der Waals surface area contributed by atoms with E-state index < -0.39 is 11.9 Å². The monoisotopic (exact) mass is 500 g/mol. The number of carboxylic acids is 1. The van der Waals surface area contributed by atoms with E-state index in [1.54, 1.807) is 6.07 Å². The van der Waals surface area contributed by atoms with Gasteiger partial charge in [-0.25, -0.2) is 9.59 Å². The molecule has 0 atom stereocenters. The molecule has 0 saturated heterocycles. The van der Waals surface area contributed by atoms with Gasteiger partial charge in [0.1, 0.15) is 0 Å². The topological polar surface area (TPSA) is 72.8 Å². The van der Waals surface area contributed by atoms with Crippen LogP contribution in [-0.2, 0) is 9.59 Å². The molecule has 0 bridgehead atoms. The lowest BCUT2D eigenvalue weighted by Crippen LogP contribution is -2.20. The first-order valence-electron chi connectivity index (χ1n) is 6.63. The number of carbonyl (C=O) groups excluding carboxylic acids is 1. The molecule has 0 saturated carbocycles. The summed E-state index contributed by atoms with van der Waals surface area (Å²) in [5.41, 5.74) is 0. The molecular formula is C14H15Br3O5. The van der Waals surface area contributed by atoms with E-state index in [-0.39, 0.29) is 11.5 Å². The molecule has 0 heterocycles. The molecule has 1 aromatic carbocycles. The first-order valence-corrected chi connectivity index (χ1v) is 9.01. The summed E-state index contributed by atoms with van der Waals surface area (Å²) in [5, 5.41) is 8.67. The second-order valence-electron chi connectivity index (χ2n) is 4.42. The van der Waals surface area contributed by atoms with Gasteiger partial charge in [0.05, 0.1) is 15.6 Å². The van der Waals surface area contributed by atoms with Crippen LogP contribution in [0.1, 0.15) is 32.6 Å². The van der Waals surface area contributed by atoms with Crippen molar-refractivity contribution in [2.75, 3.05) is 6.61 Å². The van der Waals surface area contributed by atoms with Crippen molar-refractivity contribution in [2.45, 2.75) is 32.6 Å². The molecule has 1 N–H and O–H groups in total. The molecule has 0 aliphatic heterocycles. The molecule has 1 rings (SSSR count). The van der Waals surface area contributed by atoms with Gasteiger partial charge in [-0.3, -0.25) is 0 Å². The molecule has 0 aliphatic rings. The van der Waals surface area contributed by atoms with Crippen LogP contribution in [0.4, 0.5) is 0 Å². The van der Waals surface area contributed by atoms with E-state index in [9.17, 15) is 9.59 Å². The van der Waals surface area contributed by atoms with Gasteiger partial charge < -0.3 is 14.6 Å². The highest BCUT2D eigenvalue weighted by Crippen LogP contribution is 2.45. The summed E-state index contributed by atoms with van der Waals surface area (Å²) >= 11 is 9.93. The van der Waals surface area contributed by atoms with Crippen LogP contribution in [0.5, 0.6) is 11.5 Å². The van der Waals surface area contributed by atoms with Crippen LogP contribution in [-0.4, -0.2) is 23.7 Å². The number of unbranched alkanes of at least 4 members (excludes halogenated alkanes) is 3. The van der Waals surface area contributed by atoms with E-state index >= 15 is 0 Å². The van der Waals surface area contributed by atoms with Gasteiger partial charge in [-0.15, -0.1) is 0 Å². The standard InChI is InChI=1S/C14H15Br3O5/c1-2-3-4-5-6-21-12-10(17)8(15)7-9(16)11(12)22-14(20)13(18)19/h7H,2-6H2,1H3,(H,18,19). The Morgan fingerprint density at radius 2 is 1.77 bits per heavy atom. The number of ether oxygens (including phenoxy) is 2.